The van der Waals surface area contributed by atoms with Crippen LogP contribution in [-0.2, 0) is 16.0 Å². The number of nitrogens with zero attached hydrogens (tertiary/aromatic N) is 1. The average molecular weight is 438 g/mol. The molecular formula is C27H22N2O4. The molecule has 0 radical (unpaired) electrons. The van der Waals surface area contributed by atoms with E-state index in [1.165, 1.54) is 0 Å². The van der Waals surface area contributed by atoms with Gasteiger partial charge in [0.15, 0.2) is 0 Å². The van der Waals surface area contributed by atoms with Crippen molar-refractivity contribution in [3.63, 3.8) is 0 Å². The van der Waals surface area contributed by atoms with Crippen LogP contribution < -0.4 is 5.32 Å². The summed E-state index contributed by atoms with van der Waals surface area (Å²) in [5.41, 5.74) is 5.22. The normalized spacial score (nSPS) is 13.2. The number of aliphatic carboxylic acids is 1. The van der Waals surface area contributed by atoms with E-state index in [1.54, 1.807) is 12.4 Å². The number of hydrogen-bond donors (Lipinski definition) is 2. The first-order valence-electron chi connectivity index (χ1n) is 10.8. The molecule has 4 aromatic rings. The smallest absolute Gasteiger partial charge is 0.407 e. The number of fused-ring (bicyclic) bond motifs is 4. The standard InChI is InChI=1S/C27H22N2O4/c30-26(31)25(13-18-15-28-14-17-7-1-2-8-19(17)18)29-27(32)33-16-24-22-11-5-3-9-20(22)21-10-4-6-12-23(21)24/h1-12,14-15,24-25H,13,16H2,(H,29,32)(H,30,31)/t25-/m1/s1. The summed E-state index contributed by atoms with van der Waals surface area (Å²) in [5.74, 6) is -1.22. The topological polar surface area (TPSA) is 88.5 Å². The summed E-state index contributed by atoms with van der Waals surface area (Å²) in [6, 6.07) is 22.6. The number of aromatic nitrogens is 1. The molecule has 0 saturated heterocycles. The summed E-state index contributed by atoms with van der Waals surface area (Å²) >= 11 is 0. The van der Waals surface area contributed by atoms with Crippen LogP contribution in [0.15, 0.2) is 85.2 Å². The zero-order valence-electron chi connectivity index (χ0n) is 17.8. The molecule has 1 atom stereocenters. The van der Waals surface area contributed by atoms with Crippen LogP contribution in [0.2, 0.25) is 0 Å². The number of benzene rings is 3. The molecule has 6 heteroatoms. The Bertz CT molecular complexity index is 1300. The third kappa shape index (κ3) is 4.03. The summed E-state index contributed by atoms with van der Waals surface area (Å²) in [4.78, 5) is 28.7. The zero-order valence-corrected chi connectivity index (χ0v) is 17.8. The Kier molecular flexibility index (Phi) is 5.48. The molecule has 1 aliphatic carbocycles. The van der Waals surface area contributed by atoms with Gasteiger partial charge in [-0.05, 0) is 33.2 Å². The van der Waals surface area contributed by atoms with Crippen molar-refractivity contribution in [1.29, 1.82) is 0 Å². The molecule has 0 unspecified atom stereocenters. The minimum atomic E-state index is -1.13. The van der Waals surface area contributed by atoms with E-state index in [1.807, 2.05) is 60.7 Å². The highest BCUT2D eigenvalue weighted by Gasteiger charge is 2.30. The van der Waals surface area contributed by atoms with Gasteiger partial charge in [0.25, 0.3) is 0 Å². The molecule has 1 aromatic heterocycles. The third-order valence-corrected chi connectivity index (χ3v) is 6.11. The predicted octanol–water partition coefficient (Wildman–Crippen LogP) is 4.77. The highest BCUT2D eigenvalue weighted by molar-refractivity contribution is 5.86. The van der Waals surface area contributed by atoms with Crippen LogP contribution in [0.4, 0.5) is 4.79 Å². The number of alkyl carbamates (subject to hydrolysis) is 1. The van der Waals surface area contributed by atoms with Crippen LogP contribution in [0.25, 0.3) is 21.9 Å². The number of nitrogens with one attached hydrogen (secondary N) is 1. The first kappa shape index (κ1) is 20.7. The lowest BCUT2D eigenvalue weighted by molar-refractivity contribution is -0.139. The Morgan fingerprint density at radius 2 is 1.55 bits per heavy atom. The fourth-order valence-electron chi connectivity index (χ4n) is 4.54. The number of hydrogen-bond acceptors (Lipinski definition) is 4. The molecule has 3 aromatic carbocycles. The number of amides is 1. The fourth-order valence-corrected chi connectivity index (χ4v) is 4.54. The van der Waals surface area contributed by atoms with E-state index in [-0.39, 0.29) is 18.9 Å². The summed E-state index contributed by atoms with van der Waals surface area (Å²) in [5, 5.41) is 14.0. The number of pyridine rings is 1. The second-order valence-electron chi connectivity index (χ2n) is 8.08. The van der Waals surface area contributed by atoms with Crippen LogP contribution >= 0.6 is 0 Å². The van der Waals surface area contributed by atoms with Gasteiger partial charge >= 0.3 is 12.1 Å². The molecule has 2 N–H and O–H groups in total. The highest BCUT2D eigenvalue weighted by Crippen LogP contribution is 2.44. The average Bonchev–Trinajstić information content (AvgIpc) is 3.16. The Labute approximate surface area is 190 Å². The van der Waals surface area contributed by atoms with Gasteiger partial charge in [0.1, 0.15) is 12.6 Å². The number of carbonyl (C=O) groups is 2. The summed E-state index contributed by atoms with van der Waals surface area (Å²) in [7, 11) is 0. The lowest BCUT2D eigenvalue weighted by Crippen LogP contribution is -2.43. The van der Waals surface area contributed by atoms with E-state index in [0.717, 1.165) is 38.6 Å². The van der Waals surface area contributed by atoms with Crippen LogP contribution in [-0.4, -0.2) is 34.8 Å². The number of carboxylic acids is 1. The van der Waals surface area contributed by atoms with E-state index in [9.17, 15) is 14.7 Å². The monoisotopic (exact) mass is 438 g/mol. The molecule has 0 bridgehead atoms. The Morgan fingerprint density at radius 1 is 0.909 bits per heavy atom. The number of rotatable bonds is 6. The molecule has 164 valence electrons. The maximum Gasteiger partial charge on any atom is 0.407 e. The minimum absolute atomic E-state index is 0.0892. The van der Waals surface area contributed by atoms with Gasteiger partial charge in [-0.25, -0.2) is 9.59 Å². The molecule has 0 fully saturated rings. The SMILES string of the molecule is O=C(N[C@H](Cc1cncc2ccccc12)C(=O)O)OCC1c2ccccc2-c2ccccc21. The van der Waals surface area contributed by atoms with Crippen molar-refractivity contribution < 1.29 is 19.4 Å². The van der Waals surface area contributed by atoms with Gasteiger partial charge < -0.3 is 15.2 Å². The molecular weight excluding hydrogens is 416 g/mol. The second-order valence-corrected chi connectivity index (χ2v) is 8.08. The molecule has 0 spiro atoms. The molecule has 33 heavy (non-hydrogen) atoms. The van der Waals surface area contributed by atoms with E-state index in [4.69, 9.17) is 4.74 Å². The first-order valence-corrected chi connectivity index (χ1v) is 10.8. The largest absolute Gasteiger partial charge is 0.480 e. The van der Waals surface area contributed by atoms with Gasteiger partial charge in [-0.1, -0.05) is 72.8 Å². The minimum Gasteiger partial charge on any atom is -0.480 e. The van der Waals surface area contributed by atoms with Crippen molar-refractivity contribution in [3.8, 4) is 11.1 Å². The Hall–Kier alpha value is -4.19. The number of ether oxygens (including phenoxy) is 1. The van der Waals surface area contributed by atoms with Crippen molar-refractivity contribution in [1.82, 2.24) is 10.3 Å². The molecule has 0 aliphatic heterocycles. The van der Waals surface area contributed by atoms with Gasteiger partial charge in [-0.15, -0.1) is 0 Å². The molecule has 0 saturated carbocycles. The van der Waals surface area contributed by atoms with Crippen LogP contribution in [0, 0.1) is 0 Å². The maximum absolute atomic E-state index is 12.6. The van der Waals surface area contributed by atoms with Gasteiger partial charge in [0, 0.05) is 30.1 Å². The van der Waals surface area contributed by atoms with Gasteiger partial charge in [-0.2, -0.15) is 0 Å². The summed E-state index contributed by atoms with van der Waals surface area (Å²) in [6.45, 7) is 0.127. The molecule has 1 heterocycles. The van der Waals surface area contributed by atoms with Crippen LogP contribution in [0.1, 0.15) is 22.6 Å². The van der Waals surface area contributed by atoms with E-state index in [0.29, 0.717) is 0 Å². The van der Waals surface area contributed by atoms with Crippen molar-refractivity contribution in [2.75, 3.05) is 6.61 Å². The zero-order chi connectivity index (χ0) is 22.8. The number of carboxylic acid groups (broad SMARTS) is 1. The van der Waals surface area contributed by atoms with Crippen molar-refractivity contribution >= 4 is 22.8 Å². The lowest BCUT2D eigenvalue weighted by atomic mass is 9.98. The van der Waals surface area contributed by atoms with Crippen LogP contribution in [0.5, 0.6) is 0 Å². The Balaban J connectivity index is 1.29. The predicted molar refractivity (Wildman–Crippen MR) is 125 cm³/mol. The quantitative estimate of drug-likeness (QED) is 0.453. The highest BCUT2D eigenvalue weighted by atomic mass is 16.5. The fraction of sp³-hybridized carbons (Fsp3) is 0.148. The van der Waals surface area contributed by atoms with Crippen molar-refractivity contribution in [3.05, 3.63) is 102 Å². The molecule has 1 amide bonds. The number of carbonyl (C=O) groups excluding carboxylic acids is 1. The van der Waals surface area contributed by atoms with Gasteiger partial charge in [-0.3, -0.25) is 4.98 Å². The van der Waals surface area contributed by atoms with E-state index < -0.39 is 18.1 Å². The van der Waals surface area contributed by atoms with Gasteiger partial charge in [0.2, 0.25) is 0 Å². The van der Waals surface area contributed by atoms with Crippen molar-refractivity contribution in [2.45, 2.75) is 18.4 Å². The second kappa shape index (κ2) is 8.74. The lowest BCUT2D eigenvalue weighted by Gasteiger charge is -2.18. The molecule has 6 nitrogen and oxygen atoms in total. The van der Waals surface area contributed by atoms with Crippen LogP contribution in [0.3, 0.4) is 0 Å². The van der Waals surface area contributed by atoms with E-state index in [2.05, 4.69) is 22.4 Å². The van der Waals surface area contributed by atoms with Crippen molar-refractivity contribution in [2.24, 2.45) is 0 Å². The molecule has 1 aliphatic rings. The maximum atomic E-state index is 12.6. The third-order valence-electron chi connectivity index (χ3n) is 6.11. The summed E-state index contributed by atoms with van der Waals surface area (Å²) < 4.78 is 5.52. The Morgan fingerprint density at radius 3 is 2.24 bits per heavy atom. The van der Waals surface area contributed by atoms with E-state index >= 15 is 0 Å². The molecule has 5 rings (SSSR count). The van der Waals surface area contributed by atoms with Gasteiger partial charge in [0.05, 0.1) is 0 Å². The summed E-state index contributed by atoms with van der Waals surface area (Å²) in [6.07, 6.45) is 2.72. The first-order chi connectivity index (χ1) is 16.1.